The van der Waals surface area contributed by atoms with Gasteiger partial charge < -0.3 is 24.0 Å². The molecule has 0 fully saturated rings. The van der Waals surface area contributed by atoms with Crippen molar-refractivity contribution in [2.24, 2.45) is 0 Å². The zero-order valence-electron chi connectivity index (χ0n) is 20.5. The molecule has 0 atom stereocenters. The second-order valence-corrected chi connectivity index (χ2v) is 8.34. The molecule has 0 aliphatic heterocycles. The molecule has 0 unspecified atom stereocenters. The van der Waals surface area contributed by atoms with E-state index < -0.39 is 0 Å². The summed E-state index contributed by atoms with van der Waals surface area (Å²) in [6, 6.07) is 6.06. The van der Waals surface area contributed by atoms with Gasteiger partial charge in [-0.15, -0.1) is 0 Å². The highest BCUT2D eigenvalue weighted by Crippen LogP contribution is 2.19. The smallest absolute Gasteiger partial charge is 0.279 e. The minimum Gasteiger partial charge on any atom is -0.355 e. The number of carbonyl (C=O) groups excluding carboxylic acids is 1. The summed E-state index contributed by atoms with van der Waals surface area (Å²) in [5.41, 5.74) is 3.10. The summed E-state index contributed by atoms with van der Waals surface area (Å²) in [6.45, 7) is 15.3. The number of hydrogen-bond donors (Lipinski definition) is 1. The normalized spacial score (nSPS) is 11.6. The number of anilines is 1. The topological polar surface area (TPSA) is 56.8 Å². The molecule has 0 aliphatic carbocycles. The number of carbonyl (C=O) groups is 1. The Morgan fingerprint density at radius 3 is 2.10 bits per heavy atom. The van der Waals surface area contributed by atoms with E-state index in [9.17, 15) is 4.79 Å². The summed E-state index contributed by atoms with van der Waals surface area (Å²) < 4.78 is 17.2. The maximum absolute atomic E-state index is 12.8. The Hall–Kier alpha value is -1.47. The number of nitrogens with one attached hydrogen (secondary N) is 1. The number of rotatable bonds is 18. The molecule has 31 heavy (non-hydrogen) atoms. The second-order valence-electron chi connectivity index (χ2n) is 8.34. The van der Waals surface area contributed by atoms with Crippen LogP contribution >= 0.6 is 0 Å². The highest BCUT2D eigenvalue weighted by Gasteiger charge is 2.27. The number of likely N-dealkylation sites (N-methyl/N-ethyl adjacent to an activating group) is 1. The monoisotopic (exact) mass is 437 g/mol. The van der Waals surface area contributed by atoms with Gasteiger partial charge in [0.2, 0.25) is 0 Å². The van der Waals surface area contributed by atoms with Crippen molar-refractivity contribution in [1.29, 1.82) is 0 Å². The Balaban J connectivity index is 2.27. The van der Waals surface area contributed by atoms with Crippen LogP contribution in [0.5, 0.6) is 0 Å². The minimum atomic E-state index is 0.0460. The lowest BCUT2D eigenvalue weighted by Crippen LogP contribution is -2.53. The average Bonchev–Trinajstić information content (AvgIpc) is 2.76. The largest absolute Gasteiger partial charge is 0.355 e. The van der Waals surface area contributed by atoms with Gasteiger partial charge >= 0.3 is 0 Å². The number of unbranched alkanes of at least 4 members (excludes halogenated alkanes) is 4. The first-order chi connectivity index (χ1) is 15.0. The number of quaternary nitrogens is 1. The molecule has 0 bridgehead atoms. The third-order valence-electron chi connectivity index (χ3n) is 6.00. The van der Waals surface area contributed by atoms with Crippen LogP contribution in [-0.4, -0.2) is 63.4 Å². The summed E-state index contributed by atoms with van der Waals surface area (Å²) in [5, 5.41) is 3.11. The van der Waals surface area contributed by atoms with Crippen LogP contribution in [0.2, 0.25) is 0 Å². The Morgan fingerprint density at radius 1 is 0.871 bits per heavy atom. The van der Waals surface area contributed by atoms with E-state index in [-0.39, 0.29) is 19.5 Å². The van der Waals surface area contributed by atoms with Gasteiger partial charge in [0, 0.05) is 12.3 Å². The van der Waals surface area contributed by atoms with Gasteiger partial charge in [-0.1, -0.05) is 50.8 Å². The van der Waals surface area contributed by atoms with Gasteiger partial charge in [0.15, 0.2) is 6.54 Å². The summed E-state index contributed by atoms with van der Waals surface area (Å²) in [6.07, 6.45) is 6.14. The number of aryl methyl sites for hydroxylation is 2. The first-order valence-electron chi connectivity index (χ1n) is 11.9. The highest BCUT2D eigenvalue weighted by atomic mass is 16.7. The molecule has 6 nitrogen and oxygen atoms in total. The van der Waals surface area contributed by atoms with Crippen molar-refractivity contribution in [2.75, 3.05) is 58.3 Å². The molecule has 1 aromatic carbocycles. The molecule has 0 aromatic heterocycles. The molecule has 178 valence electrons. The Labute approximate surface area is 189 Å². The SMILES string of the molecule is CCCCCCCOCOCOCC[N+](CC)(CC)CC(=O)Nc1c(C)cccc1C. The number of ether oxygens (including phenoxy) is 3. The third-order valence-corrected chi connectivity index (χ3v) is 6.00. The molecule has 0 saturated heterocycles. The molecule has 0 radical (unpaired) electrons. The van der Waals surface area contributed by atoms with Crippen molar-refractivity contribution in [3.63, 3.8) is 0 Å². The van der Waals surface area contributed by atoms with E-state index in [4.69, 9.17) is 14.2 Å². The van der Waals surface area contributed by atoms with Gasteiger partial charge in [0.25, 0.3) is 5.91 Å². The van der Waals surface area contributed by atoms with Gasteiger partial charge in [0.1, 0.15) is 20.1 Å². The van der Waals surface area contributed by atoms with Crippen LogP contribution < -0.4 is 5.32 Å². The number of nitrogens with zero attached hydrogens (tertiary/aromatic N) is 1. The maximum atomic E-state index is 12.8. The van der Waals surface area contributed by atoms with Crippen molar-refractivity contribution in [2.45, 2.75) is 66.7 Å². The van der Waals surface area contributed by atoms with Crippen LogP contribution in [0.1, 0.15) is 64.0 Å². The van der Waals surface area contributed by atoms with Crippen molar-refractivity contribution < 1.29 is 23.5 Å². The van der Waals surface area contributed by atoms with Crippen molar-refractivity contribution >= 4 is 11.6 Å². The molecule has 1 amide bonds. The summed E-state index contributed by atoms with van der Waals surface area (Å²) in [5.74, 6) is 0.0460. The summed E-state index contributed by atoms with van der Waals surface area (Å²) >= 11 is 0. The van der Waals surface area contributed by atoms with Gasteiger partial charge in [-0.05, 0) is 45.2 Å². The van der Waals surface area contributed by atoms with Crippen molar-refractivity contribution in [3.8, 4) is 0 Å². The third kappa shape index (κ3) is 11.1. The molecule has 0 saturated carbocycles. The zero-order valence-corrected chi connectivity index (χ0v) is 20.5. The molecular weight excluding hydrogens is 392 g/mol. The molecule has 0 spiro atoms. The van der Waals surface area contributed by atoms with Gasteiger partial charge in [0.05, 0.1) is 19.7 Å². The molecule has 1 rings (SSSR count). The first-order valence-corrected chi connectivity index (χ1v) is 11.9. The van der Waals surface area contributed by atoms with E-state index in [0.717, 1.165) is 49.5 Å². The van der Waals surface area contributed by atoms with Crippen LogP contribution in [0.25, 0.3) is 0 Å². The maximum Gasteiger partial charge on any atom is 0.279 e. The van der Waals surface area contributed by atoms with Crippen molar-refractivity contribution in [3.05, 3.63) is 29.3 Å². The van der Waals surface area contributed by atoms with Crippen LogP contribution in [-0.2, 0) is 19.0 Å². The number of amides is 1. The molecule has 0 aliphatic rings. The number of hydrogen-bond acceptors (Lipinski definition) is 4. The first kappa shape index (κ1) is 27.6. The fraction of sp³-hybridized carbons (Fsp3) is 0.720. The quantitative estimate of drug-likeness (QED) is 0.199. The summed E-state index contributed by atoms with van der Waals surface area (Å²) in [7, 11) is 0. The molecule has 6 heteroatoms. The Bertz CT molecular complexity index is 597. The summed E-state index contributed by atoms with van der Waals surface area (Å²) in [4.78, 5) is 12.8. The van der Waals surface area contributed by atoms with E-state index in [1.165, 1.54) is 25.7 Å². The predicted molar refractivity (Wildman–Crippen MR) is 127 cm³/mol. The fourth-order valence-electron chi connectivity index (χ4n) is 3.67. The van der Waals surface area contributed by atoms with E-state index in [0.29, 0.717) is 17.6 Å². The zero-order chi connectivity index (χ0) is 23.0. The van der Waals surface area contributed by atoms with Crippen LogP contribution in [0.3, 0.4) is 0 Å². The minimum absolute atomic E-state index is 0.0460. The van der Waals surface area contributed by atoms with Crippen LogP contribution in [0.15, 0.2) is 18.2 Å². The molecular formula is C25H45N2O4+. The lowest BCUT2D eigenvalue weighted by molar-refractivity contribution is -0.917. The number of benzene rings is 1. The number of para-hydroxylation sites is 1. The standard InChI is InChI=1S/C25H44N2O4/c1-6-9-10-11-12-17-29-20-31-21-30-18-16-27(7-2,8-3)19-24(28)26-25-22(4)14-13-15-23(25)5/h13-15H,6-12,16-21H2,1-5H3/p+1. The molecule has 0 heterocycles. The lowest BCUT2D eigenvalue weighted by atomic mass is 10.1. The Kier molecular flexibility index (Phi) is 14.4. The van der Waals surface area contributed by atoms with Gasteiger partial charge in [-0.25, -0.2) is 0 Å². The highest BCUT2D eigenvalue weighted by molar-refractivity contribution is 5.93. The second kappa shape index (κ2) is 16.2. The predicted octanol–water partition coefficient (Wildman–Crippen LogP) is 5.03. The van der Waals surface area contributed by atoms with Gasteiger partial charge in [-0.3, -0.25) is 4.79 Å². The fourth-order valence-corrected chi connectivity index (χ4v) is 3.67. The molecule has 1 N–H and O–H groups in total. The van der Waals surface area contributed by atoms with E-state index in [1.54, 1.807) is 0 Å². The van der Waals surface area contributed by atoms with Crippen LogP contribution in [0.4, 0.5) is 5.69 Å². The van der Waals surface area contributed by atoms with Crippen molar-refractivity contribution in [1.82, 2.24) is 0 Å². The van der Waals surface area contributed by atoms with Gasteiger partial charge in [-0.2, -0.15) is 0 Å². The van der Waals surface area contributed by atoms with E-state index >= 15 is 0 Å². The van der Waals surface area contributed by atoms with Crippen LogP contribution in [0, 0.1) is 13.8 Å². The van der Waals surface area contributed by atoms with E-state index in [2.05, 4.69) is 26.1 Å². The lowest BCUT2D eigenvalue weighted by Gasteiger charge is -2.36. The molecule has 1 aromatic rings. The average molecular weight is 438 g/mol. The van der Waals surface area contributed by atoms with E-state index in [1.807, 2.05) is 32.0 Å². The Morgan fingerprint density at radius 2 is 1.48 bits per heavy atom.